The summed E-state index contributed by atoms with van der Waals surface area (Å²) in [5, 5.41) is 44.8. The molecule has 2 aromatic rings. The van der Waals surface area contributed by atoms with E-state index in [0.717, 1.165) is 42.9 Å². The minimum absolute atomic E-state index is 0.168. The molecule has 0 unspecified atom stereocenters. The van der Waals surface area contributed by atoms with Gasteiger partial charge in [0.05, 0.1) is 24.4 Å². The number of Topliss-reactive ketones (excluding diaryl/α,β-unsaturated/α-hetero) is 1. The number of aliphatic hydroxyl groups is 4. The molecule has 4 fully saturated rings. The van der Waals surface area contributed by atoms with Gasteiger partial charge < -0.3 is 20.4 Å². The highest BCUT2D eigenvalue weighted by Gasteiger charge is 2.58. The number of allylic oxidation sites excluding steroid dienone is 2. The maximum absolute atomic E-state index is 15.0. The minimum atomic E-state index is -1.14. The highest BCUT2D eigenvalue weighted by molar-refractivity contribution is 6.31. The van der Waals surface area contributed by atoms with E-state index in [1.165, 1.54) is 30.5 Å². The number of hydrogen-bond donors (Lipinski definition) is 4. The molecule has 8 rings (SSSR count). The van der Waals surface area contributed by atoms with Crippen molar-refractivity contribution in [2.24, 2.45) is 28.6 Å². The minimum Gasteiger partial charge on any atom is -0.394 e. The number of benzene rings is 2. The van der Waals surface area contributed by atoms with Crippen LogP contribution in [0, 0.1) is 34.4 Å². The van der Waals surface area contributed by atoms with E-state index in [9.17, 15) is 29.6 Å². The number of ketones is 1. The summed E-state index contributed by atoms with van der Waals surface area (Å²) in [6.45, 7) is 10.1. The van der Waals surface area contributed by atoms with Crippen LogP contribution in [0.2, 0.25) is 5.02 Å². The molecule has 6 aliphatic rings. The summed E-state index contributed by atoms with van der Waals surface area (Å²) in [6, 6.07) is 10.3. The molecule has 0 aromatic heterocycles. The smallest absolute Gasteiger partial charge is 0.167 e. The number of hydrogen-bond acceptors (Lipinski definition) is 6. The van der Waals surface area contributed by atoms with Crippen LogP contribution in [-0.4, -0.2) is 75.2 Å². The molecule has 8 heteroatoms. The topological polar surface area (TPSA) is 101 Å². The molecule has 280 valence electrons. The lowest BCUT2D eigenvalue weighted by molar-refractivity contribution is -0.126. The Bertz CT molecular complexity index is 1590. The summed E-state index contributed by atoms with van der Waals surface area (Å²) in [7, 11) is 0. The third-order valence-corrected chi connectivity index (χ3v) is 14.4. The summed E-state index contributed by atoms with van der Waals surface area (Å²) < 4.78 is 15.0. The van der Waals surface area contributed by atoms with Crippen LogP contribution >= 0.6 is 11.6 Å². The molecular formula is C43H59ClFNO5. The van der Waals surface area contributed by atoms with Gasteiger partial charge >= 0.3 is 0 Å². The van der Waals surface area contributed by atoms with Gasteiger partial charge in [-0.1, -0.05) is 62.2 Å². The fourth-order valence-corrected chi connectivity index (χ4v) is 10.9. The number of carbonyl (C=O) groups is 1. The van der Waals surface area contributed by atoms with Crippen LogP contribution in [0.25, 0.3) is 0 Å². The van der Waals surface area contributed by atoms with Gasteiger partial charge in [-0.25, -0.2) is 4.39 Å². The molecule has 4 N–H and O–H groups in total. The van der Waals surface area contributed by atoms with Crippen molar-refractivity contribution in [2.75, 3.05) is 26.2 Å². The number of rotatable bonds is 10. The van der Waals surface area contributed by atoms with Crippen molar-refractivity contribution in [1.29, 1.82) is 0 Å². The Hall–Kier alpha value is -2.13. The van der Waals surface area contributed by atoms with Gasteiger partial charge in [-0.2, -0.15) is 0 Å². The third kappa shape index (κ3) is 7.77. The molecule has 4 bridgehead atoms. The Morgan fingerprint density at radius 1 is 1.10 bits per heavy atom. The third-order valence-electron chi connectivity index (χ3n) is 14.0. The van der Waals surface area contributed by atoms with Crippen LogP contribution in [0.15, 0.2) is 48.0 Å². The zero-order valence-corrected chi connectivity index (χ0v) is 31.8. The Kier molecular flexibility index (Phi) is 11.6. The van der Waals surface area contributed by atoms with E-state index in [2.05, 4.69) is 38.7 Å². The SMILES string of the molecule is CC1=CCC[C@@]2(C)[C@@H](CC[C@@]2(O)CN(C[C@H](O)CO)C[C@@H]2CC[C@H]3C[C@@H]2C3(C)C)c2ccc(cc2C(=O)Cc2c(F)cccc2Cl)C[C@@H](O)CC1. The quantitative estimate of drug-likeness (QED) is 0.148. The second-order valence-corrected chi connectivity index (χ2v) is 17.9. The predicted molar refractivity (Wildman–Crippen MR) is 200 cm³/mol. The maximum Gasteiger partial charge on any atom is 0.167 e. The van der Waals surface area contributed by atoms with Gasteiger partial charge in [0.15, 0.2) is 5.78 Å². The molecule has 2 aromatic carbocycles. The maximum atomic E-state index is 15.0. The standard InChI is InChI=1S/C43H59ClFNO5/c1-27-7-6-17-42(4)36(16-18-43(42,51)26-46(24-32(49)25-47)23-29-12-13-30-21-37(29)41(30,2)3)33-15-11-28(19-31(48)14-10-27)20-34(33)40(50)22-35-38(44)8-5-9-39(35)45/h5,7-9,11,15,20,29-32,36-37,47-49,51H,6,10,12-14,16-19,21-26H2,1-4H3/t29-,30-,31-,32-,36-,37-,42-,43+/m0/s1. The van der Waals surface area contributed by atoms with Crippen LogP contribution in [0.4, 0.5) is 4.39 Å². The lowest BCUT2D eigenvalue weighted by atomic mass is 9.45. The summed E-state index contributed by atoms with van der Waals surface area (Å²) in [6.07, 6.45) is 8.55. The van der Waals surface area contributed by atoms with Crippen molar-refractivity contribution in [3.05, 3.63) is 81.1 Å². The first-order valence-corrected chi connectivity index (χ1v) is 19.7. The molecule has 0 spiro atoms. The number of aliphatic hydroxyl groups excluding tert-OH is 3. The van der Waals surface area contributed by atoms with Crippen molar-refractivity contribution in [1.82, 2.24) is 4.90 Å². The van der Waals surface area contributed by atoms with E-state index in [-0.39, 0.29) is 41.9 Å². The number of nitrogens with zero attached hydrogens (tertiary/aromatic N) is 1. The second-order valence-electron chi connectivity index (χ2n) is 17.5. The van der Waals surface area contributed by atoms with E-state index in [4.69, 9.17) is 11.6 Å². The number of carbonyl (C=O) groups excluding carboxylic acids is 1. The molecule has 8 atom stereocenters. The first kappa shape index (κ1) is 38.6. The lowest BCUT2D eigenvalue weighted by Crippen LogP contribution is -2.58. The van der Waals surface area contributed by atoms with Crippen LogP contribution in [0.5, 0.6) is 0 Å². The molecule has 0 radical (unpaired) electrons. The van der Waals surface area contributed by atoms with Gasteiger partial charge in [0.2, 0.25) is 0 Å². The van der Waals surface area contributed by atoms with Gasteiger partial charge in [0, 0.05) is 47.6 Å². The van der Waals surface area contributed by atoms with E-state index < -0.39 is 29.0 Å². The fraction of sp³-hybridized carbons (Fsp3) is 0.651. The fourth-order valence-electron chi connectivity index (χ4n) is 10.6. The first-order valence-electron chi connectivity index (χ1n) is 19.3. The Balaban J connectivity index is 1.37. The molecule has 0 heterocycles. The summed E-state index contributed by atoms with van der Waals surface area (Å²) in [4.78, 5) is 16.5. The molecule has 6 nitrogen and oxygen atoms in total. The van der Waals surface area contributed by atoms with E-state index >= 15 is 0 Å². The molecular weight excluding hydrogens is 665 g/mol. The van der Waals surface area contributed by atoms with Gasteiger partial charge in [0.25, 0.3) is 0 Å². The van der Waals surface area contributed by atoms with Crippen molar-refractivity contribution in [3.63, 3.8) is 0 Å². The van der Waals surface area contributed by atoms with Gasteiger partial charge in [-0.15, -0.1) is 0 Å². The average Bonchev–Trinajstić information content (AvgIpc) is 3.33. The molecule has 0 amide bonds. The highest BCUT2D eigenvalue weighted by Crippen LogP contribution is 2.62. The van der Waals surface area contributed by atoms with Gasteiger partial charge in [0.1, 0.15) is 5.82 Å². The second kappa shape index (κ2) is 15.3. The highest BCUT2D eigenvalue weighted by atomic mass is 35.5. The Morgan fingerprint density at radius 2 is 1.88 bits per heavy atom. The number of fused-ring (bicyclic) bond motifs is 10. The lowest BCUT2D eigenvalue weighted by Gasteiger charge is -2.61. The Labute approximate surface area is 309 Å². The zero-order chi connectivity index (χ0) is 36.7. The van der Waals surface area contributed by atoms with E-state index in [1.807, 2.05) is 18.2 Å². The van der Waals surface area contributed by atoms with Crippen molar-refractivity contribution < 1.29 is 29.6 Å². The molecule has 0 aliphatic heterocycles. The largest absolute Gasteiger partial charge is 0.394 e. The number of halogens is 2. The van der Waals surface area contributed by atoms with Gasteiger partial charge in [-0.3, -0.25) is 9.69 Å². The Morgan fingerprint density at radius 3 is 2.59 bits per heavy atom. The van der Waals surface area contributed by atoms with Crippen LogP contribution in [-0.2, 0) is 12.8 Å². The van der Waals surface area contributed by atoms with Crippen LogP contribution in [0.1, 0.15) is 118 Å². The van der Waals surface area contributed by atoms with Crippen molar-refractivity contribution in [2.45, 2.75) is 122 Å². The molecule has 0 saturated heterocycles. The normalized spacial score (nSPS) is 32.5. The molecule has 51 heavy (non-hydrogen) atoms. The van der Waals surface area contributed by atoms with Crippen LogP contribution in [0.3, 0.4) is 0 Å². The average molecular weight is 724 g/mol. The predicted octanol–water partition coefficient (Wildman–Crippen LogP) is 7.67. The monoisotopic (exact) mass is 723 g/mol. The van der Waals surface area contributed by atoms with E-state index in [1.54, 1.807) is 6.07 Å². The van der Waals surface area contributed by atoms with Crippen LogP contribution < -0.4 is 0 Å². The summed E-state index contributed by atoms with van der Waals surface area (Å²) >= 11 is 6.39. The van der Waals surface area contributed by atoms with Crippen molar-refractivity contribution in [3.8, 4) is 0 Å². The summed E-state index contributed by atoms with van der Waals surface area (Å²) in [5.41, 5.74) is 2.10. The zero-order valence-electron chi connectivity index (χ0n) is 31.0. The van der Waals surface area contributed by atoms with E-state index in [0.29, 0.717) is 61.5 Å². The molecule has 4 saturated carbocycles. The summed E-state index contributed by atoms with van der Waals surface area (Å²) in [5.74, 6) is 0.937. The molecule has 6 aliphatic carbocycles. The van der Waals surface area contributed by atoms with Gasteiger partial charge in [-0.05, 0) is 130 Å². The first-order chi connectivity index (χ1) is 24.1. The van der Waals surface area contributed by atoms with Crippen molar-refractivity contribution >= 4 is 17.4 Å².